The molecule has 6 heteroatoms. The fourth-order valence-electron chi connectivity index (χ4n) is 0.705. The molecular formula is C5H6BrN3O2. The van der Waals surface area contributed by atoms with Crippen molar-refractivity contribution in [1.29, 1.82) is 0 Å². The highest BCUT2D eigenvalue weighted by Gasteiger charge is 2.19. The van der Waals surface area contributed by atoms with Gasteiger partial charge in [0.1, 0.15) is 5.69 Å². The third-order valence-corrected chi connectivity index (χ3v) is 2.18. The molecule has 0 atom stereocenters. The van der Waals surface area contributed by atoms with Gasteiger partial charge in [0.25, 0.3) is 4.73 Å². The van der Waals surface area contributed by atoms with E-state index in [0.717, 1.165) is 0 Å². The Morgan fingerprint density at radius 3 is 2.45 bits per heavy atom. The first-order chi connectivity index (χ1) is 5.04. The summed E-state index contributed by atoms with van der Waals surface area (Å²) in [5.41, 5.74) is 0.543. The molecule has 0 aliphatic heterocycles. The van der Waals surface area contributed by atoms with Crippen LogP contribution in [0.1, 0.15) is 5.69 Å². The second-order valence-electron chi connectivity index (χ2n) is 2.11. The highest BCUT2D eigenvalue weighted by Crippen LogP contribution is 2.19. The second-order valence-corrected chi connectivity index (χ2v) is 2.82. The lowest BCUT2D eigenvalue weighted by Gasteiger charge is -1.91. The molecule has 0 aromatic carbocycles. The Kier molecular flexibility index (Phi) is 1.95. The molecule has 0 spiro atoms. The normalized spacial score (nSPS) is 10.1. The monoisotopic (exact) mass is 219 g/mol. The summed E-state index contributed by atoms with van der Waals surface area (Å²) in [7, 11) is 1.71. The van der Waals surface area contributed by atoms with Gasteiger partial charge in [-0.05, 0) is 16.8 Å². The Morgan fingerprint density at radius 1 is 1.73 bits per heavy atom. The first kappa shape index (κ1) is 8.19. The molecule has 0 radical (unpaired) electrons. The van der Waals surface area contributed by atoms with Gasteiger partial charge in [0.05, 0.1) is 0 Å². The number of hydrogen-bond acceptors (Lipinski definition) is 3. The lowest BCUT2D eigenvalue weighted by atomic mass is 10.5. The van der Waals surface area contributed by atoms with Crippen molar-refractivity contribution in [3.8, 4) is 0 Å². The summed E-state index contributed by atoms with van der Waals surface area (Å²) < 4.78 is 2.08. The predicted octanol–water partition coefficient (Wildman–Crippen LogP) is 1.40. The molecule has 0 unspecified atom stereocenters. The molecule has 0 amide bonds. The molecule has 0 aliphatic carbocycles. The summed E-state index contributed by atoms with van der Waals surface area (Å²) in [6, 6.07) is 0. The van der Waals surface area contributed by atoms with E-state index in [0.29, 0.717) is 10.4 Å². The van der Waals surface area contributed by atoms with Gasteiger partial charge in [0.2, 0.25) is 0 Å². The van der Waals surface area contributed by atoms with Crippen LogP contribution in [0.25, 0.3) is 0 Å². The first-order valence-electron chi connectivity index (χ1n) is 2.87. The van der Waals surface area contributed by atoms with E-state index in [2.05, 4.69) is 20.9 Å². The molecule has 0 saturated heterocycles. The van der Waals surface area contributed by atoms with Crippen molar-refractivity contribution in [1.82, 2.24) is 9.55 Å². The largest absolute Gasteiger partial charge is 0.385 e. The zero-order valence-corrected chi connectivity index (χ0v) is 7.62. The molecule has 0 aliphatic rings. The number of nitro groups is 1. The van der Waals surface area contributed by atoms with Crippen LogP contribution in [0, 0.1) is 17.0 Å². The zero-order chi connectivity index (χ0) is 8.59. The van der Waals surface area contributed by atoms with Gasteiger partial charge in [-0.25, -0.2) is 0 Å². The van der Waals surface area contributed by atoms with Crippen LogP contribution in [0.2, 0.25) is 0 Å². The average Bonchev–Trinajstić information content (AvgIpc) is 2.17. The summed E-state index contributed by atoms with van der Waals surface area (Å²) in [4.78, 5) is 13.5. The van der Waals surface area contributed by atoms with Crippen LogP contribution in [-0.4, -0.2) is 14.5 Å². The van der Waals surface area contributed by atoms with E-state index in [1.54, 1.807) is 18.5 Å². The van der Waals surface area contributed by atoms with Crippen LogP contribution in [0.3, 0.4) is 0 Å². The summed E-state index contributed by atoms with van der Waals surface area (Å²) in [6.07, 6.45) is 0. The maximum absolute atomic E-state index is 10.3. The maximum atomic E-state index is 10.3. The Labute approximate surface area is 71.3 Å². The molecule has 0 fully saturated rings. The Balaban J connectivity index is 3.29. The number of halogens is 1. The van der Waals surface area contributed by atoms with Gasteiger partial charge in [-0.1, -0.05) is 0 Å². The van der Waals surface area contributed by atoms with Gasteiger partial charge in [0.15, 0.2) is 0 Å². The molecular weight excluding hydrogens is 214 g/mol. The van der Waals surface area contributed by atoms with E-state index < -0.39 is 4.92 Å². The predicted molar refractivity (Wildman–Crippen MR) is 42.3 cm³/mol. The van der Waals surface area contributed by atoms with Crippen molar-refractivity contribution in [3.63, 3.8) is 0 Å². The van der Waals surface area contributed by atoms with Gasteiger partial charge < -0.3 is 10.1 Å². The summed E-state index contributed by atoms with van der Waals surface area (Å²) >= 11 is 3.08. The number of rotatable bonds is 1. The Hall–Kier alpha value is -0.910. The van der Waals surface area contributed by atoms with Crippen molar-refractivity contribution < 1.29 is 4.92 Å². The summed E-state index contributed by atoms with van der Waals surface area (Å²) in [6.45, 7) is 1.65. The van der Waals surface area contributed by atoms with Gasteiger partial charge in [-0.3, -0.25) is 4.57 Å². The minimum atomic E-state index is -0.500. The fourth-order valence-corrected chi connectivity index (χ4v) is 1.14. The Morgan fingerprint density at radius 2 is 2.27 bits per heavy atom. The van der Waals surface area contributed by atoms with E-state index in [-0.39, 0.29) is 5.82 Å². The summed E-state index contributed by atoms with van der Waals surface area (Å²) in [5, 5.41) is 10.3. The second kappa shape index (κ2) is 2.61. The van der Waals surface area contributed by atoms with E-state index in [9.17, 15) is 10.1 Å². The van der Waals surface area contributed by atoms with Gasteiger partial charge >= 0.3 is 5.82 Å². The average molecular weight is 220 g/mol. The molecule has 0 bridgehead atoms. The lowest BCUT2D eigenvalue weighted by molar-refractivity contribution is -0.390. The van der Waals surface area contributed by atoms with Gasteiger partial charge in [-0.15, -0.1) is 0 Å². The minimum absolute atomic E-state index is 0.0978. The van der Waals surface area contributed by atoms with Crippen molar-refractivity contribution in [2.45, 2.75) is 6.92 Å². The van der Waals surface area contributed by atoms with Crippen molar-refractivity contribution in [2.75, 3.05) is 0 Å². The number of nitrogens with zero attached hydrogens (tertiary/aromatic N) is 3. The van der Waals surface area contributed by atoms with Crippen LogP contribution < -0.4 is 0 Å². The van der Waals surface area contributed by atoms with Crippen LogP contribution in [0.5, 0.6) is 0 Å². The molecule has 0 N–H and O–H groups in total. The van der Waals surface area contributed by atoms with E-state index in [1.807, 2.05) is 0 Å². The van der Waals surface area contributed by atoms with Crippen LogP contribution in [-0.2, 0) is 7.05 Å². The first-order valence-corrected chi connectivity index (χ1v) is 3.66. The number of aromatic nitrogens is 2. The van der Waals surface area contributed by atoms with E-state index in [1.165, 1.54) is 0 Å². The number of hydrogen-bond donors (Lipinski definition) is 0. The standard InChI is InChI=1S/C5H6BrN3O2/c1-3-4(9(10)11)7-5(6)8(3)2/h1-2H3. The van der Waals surface area contributed by atoms with Gasteiger partial charge in [-0.2, -0.15) is 0 Å². The van der Waals surface area contributed by atoms with E-state index >= 15 is 0 Å². The molecule has 0 saturated carbocycles. The zero-order valence-electron chi connectivity index (χ0n) is 6.04. The maximum Gasteiger partial charge on any atom is 0.385 e. The SMILES string of the molecule is Cc1c([N+](=O)[O-])nc(Br)n1C. The molecule has 5 nitrogen and oxygen atoms in total. The molecule has 1 heterocycles. The highest BCUT2D eigenvalue weighted by atomic mass is 79.9. The molecule has 1 aromatic rings. The third kappa shape index (κ3) is 1.25. The smallest absolute Gasteiger partial charge is 0.358 e. The quantitative estimate of drug-likeness (QED) is 0.530. The van der Waals surface area contributed by atoms with Crippen LogP contribution >= 0.6 is 15.9 Å². The van der Waals surface area contributed by atoms with Crippen LogP contribution in [0.4, 0.5) is 5.82 Å². The number of imidazole rings is 1. The molecule has 1 aromatic heterocycles. The molecule has 1 rings (SSSR count). The van der Waals surface area contributed by atoms with Gasteiger partial charge in [0, 0.05) is 23.0 Å². The molecule has 11 heavy (non-hydrogen) atoms. The Bertz CT molecular complexity index is 307. The minimum Gasteiger partial charge on any atom is -0.358 e. The van der Waals surface area contributed by atoms with Crippen molar-refractivity contribution >= 4 is 21.7 Å². The molecule has 60 valence electrons. The van der Waals surface area contributed by atoms with Crippen LogP contribution in [0.15, 0.2) is 4.73 Å². The topological polar surface area (TPSA) is 61.0 Å². The third-order valence-electron chi connectivity index (χ3n) is 1.47. The fraction of sp³-hybridized carbons (Fsp3) is 0.400. The van der Waals surface area contributed by atoms with Crippen molar-refractivity contribution in [3.05, 3.63) is 20.5 Å². The highest BCUT2D eigenvalue weighted by molar-refractivity contribution is 9.10. The summed E-state index contributed by atoms with van der Waals surface area (Å²) in [5.74, 6) is -0.0978. The van der Waals surface area contributed by atoms with E-state index in [4.69, 9.17) is 0 Å². The lowest BCUT2D eigenvalue weighted by Crippen LogP contribution is -1.93. The van der Waals surface area contributed by atoms with Crippen molar-refractivity contribution in [2.24, 2.45) is 7.05 Å².